The number of sulfonamides is 1. The summed E-state index contributed by atoms with van der Waals surface area (Å²) in [4.78, 5) is 15.0. The monoisotopic (exact) mass is 478 g/mol. The average molecular weight is 479 g/mol. The standard InChI is InChI=1S/C24H31FN2O5S/c1-24(2,3)26-33(29,30)22-14-18(10-11-21(22)31-4)23(28)27(16-20-9-6-12-32-20)15-17-7-5-8-19(25)13-17/h5,7-8,10-11,13-14,20,26H,6,9,12,15-16H2,1-4H3. The molecule has 2 aromatic carbocycles. The smallest absolute Gasteiger partial charge is 0.254 e. The van der Waals surface area contributed by atoms with E-state index in [-0.39, 0.29) is 40.6 Å². The zero-order chi connectivity index (χ0) is 24.2. The number of methoxy groups -OCH3 is 1. The van der Waals surface area contributed by atoms with Crippen molar-refractivity contribution in [3.63, 3.8) is 0 Å². The van der Waals surface area contributed by atoms with Gasteiger partial charge in [-0.05, 0) is 69.5 Å². The molecule has 1 atom stereocenters. The van der Waals surface area contributed by atoms with Crippen LogP contribution in [0.5, 0.6) is 5.75 Å². The number of halogens is 1. The van der Waals surface area contributed by atoms with Crippen LogP contribution < -0.4 is 9.46 Å². The van der Waals surface area contributed by atoms with E-state index in [1.807, 2.05) is 0 Å². The van der Waals surface area contributed by atoms with Crippen LogP contribution in [0.3, 0.4) is 0 Å². The molecule has 0 aliphatic carbocycles. The quantitative estimate of drug-likeness (QED) is 0.625. The van der Waals surface area contributed by atoms with E-state index >= 15 is 0 Å². The Labute approximate surface area is 194 Å². The second-order valence-corrected chi connectivity index (χ2v) is 10.8. The fourth-order valence-electron chi connectivity index (χ4n) is 3.77. The van der Waals surface area contributed by atoms with Crippen molar-refractivity contribution in [3.8, 4) is 5.75 Å². The number of hydrogen-bond donors (Lipinski definition) is 1. The highest BCUT2D eigenvalue weighted by atomic mass is 32.2. The Balaban J connectivity index is 1.95. The number of nitrogens with one attached hydrogen (secondary N) is 1. The normalized spacial score (nSPS) is 16.6. The van der Waals surface area contributed by atoms with Gasteiger partial charge in [-0.15, -0.1) is 0 Å². The van der Waals surface area contributed by atoms with Crippen molar-refractivity contribution in [2.24, 2.45) is 0 Å². The average Bonchev–Trinajstić information content (AvgIpc) is 3.24. The van der Waals surface area contributed by atoms with Crippen molar-refractivity contribution in [1.29, 1.82) is 0 Å². The Morgan fingerprint density at radius 2 is 2.00 bits per heavy atom. The Morgan fingerprint density at radius 3 is 2.61 bits per heavy atom. The summed E-state index contributed by atoms with van der Waals surface area (Å²) < 4.78 is 53.3. The first-order valence-corrected chi connectivity index (χ1v) is 12.3. The molecule has 0 bridgehead atoms. The number of amides is 1. The van der Waals surface area contributed by atoms with Crippen LogP contribution in [0.1, 0.15) is 49.5 Å². The Kier molecular flexibility index (Phi) is 7.76. The van der Waals surface area contributed by atoms with Gasteiger partial charge < -0.3 is 14.4 Å². The lowest BCUT2D eigenvalue weighted by Gasteiger charge is -2.26. The van der Waals surface area contributed by atoms with Crippen LogP contribution in [-0.2, 0) is 21.3 Å². The van der Waals surface area contributed by atoms with Gasteiger partial charge in [0, 0.05) is 30.8 Å². The van der Waals surface area contributed by atoms with Crippen LogP contribution in [0.25, 0.3) is 0 Å². The molecule has 1 amide bonds. The molecule has 1 fully saturated rings. The minimum atomic E-state index is -3.95. The van der Waals surface area contributed by atoms with Gasteiger partial charge in [-0.1, -0.05) is 12.1 Å². The fraction of sp³-hybridized carbons (Fsp3) is 0.458. The van der Waals surface area contributed by atoms with Gasteiger partial charge in [-0.3, -0.25) is 4.79 Å². The van der Waals surface area contributed by atoms with Crippen molar-refractivity contribution in [2.45, 2.75) is 56.7 Å². The van der Waals surface area contributed by atoms with Crippen molar-refractivity contribution in [2.75, 3.05) is 20.3 Å². The van der Waals surface area contributed by atoms with Gasteiger partial charge in [0.2, 0.25) is 10.0 Å². The number of carbonyl (C=O) groups excluding carboxylic acids is 1. The maximum atomic E-state index is 13.7. The third-order valence-corrected chi connectivity index (χ3v) is 6.92. The Morgan fingerprint density at radius 1 is 1.24 bits per heavy atom. The van der Waals surface area contributed by atoms with Crippen molar-refractivity contribution >= 4 is 15.9 Å². The molecule has 1 saturated heterocycles. The number of nitrogens with zero attached hydrogens (tertiary/aromatic N) is 1. The number of benzene rings is 2. The molecule has 1 unspecified atom stereocenters. The Hall–Kier alpha value is -2.49. The third kappa shape index (κ3) is 6.75. The van der Waals surface area contributed by atoms with Gasteiger partial charge in [0.1, 0.15) is 16.5 Å². The summed E-state index contributed by atoms with van der Waals surface area (Å²) in [6, 6.07) is 10.4. The predicted octanol–water partition coefficient (Wildman–Crippen LogP) is 3.73. The summed E-state index contributed by atoms with van der Waals surface area (Å²) in [6.45, 7) is 6.32. The molecule has 0 aromatic heterocycles. The number of hydrogen-bond acceptors (Lipinski definition) is 5. The molecular formula is C24H31FN2O5S. The van der Waals surface area contributed by atoms with Crippen LogP contribution in [0.4, 0.5) is 4.39 Å². The lowest BCUT2D eigenvalue weighted by atomic mass is 10.1. The van der Waals surface area contributed by atoms with E-state index in [0.717, 1.165) is 12.8 Å². The highest BCUT2D eigenvalue weighted by Gasteiger charge is 2.29. The van der Waals surface area contributed by atoms with E-state index in [1.165, 1.54) is 37.4 Å². The first kappa shape index (κ1) is 25.1. The molecule has 180 valence electrons. The molecule has 33 heavy (non-hydrogen) atoms. The fourth-order valence-corrected chi connectivity index (χ4v) is 5.38. The number of rotatable bonds is 8. The molecule has 7 nitrogen and oxygen atoms in total. The highest BCUT2D eigenvalue weighted by molar-refractivity contribution is 7.89. The second kappa shape index (κ2) is 10.2. The van der Waals surface area contributed by atoms with E-state index < -0.39 is 15.6 Å². The molecule has 1 aliphatic rings. The third-order valence-electron chi connectivity index (χ3n) is 5.14. The lowest BCUT2D eigenvalue weighted by molar-refractivity contribution is 0.0507. The number of ether oxygens (including phenoxy) is 2. The molecule has 1 N–H and O–H groups in total. The largest absolute Gasteiger partial charge is 0.495 e. The van der Waals surface area contributed by atoms with E-state index in [1.54, 1.807) is 37.8 Å². The van der Waals surface area contributed by atoms with Gasteiger partial charge in [0.25, 0.3) is 5.91 Å². The SMILES string of the molecule is COc1ccc(C(=O)N(Cc2cccc(F)c2)CC2CCCO2)cc1S(=O)(=O)NC(C)(C)C. The topological polar surface area (TPSA) is 84.9 Å². The van der Waals surface area contributed by atoms with Crippen LogP contribution in [-0.4, -0.2) is 51.1 Å². The first-order valence-electron chi connectivity index (χ1n) is 10.9. The molecule has 1 aliphatic heterocycles. The minimum Gasteiger partial charge on any atom is -0.495 e. The Bertz CT molecular complexity index is 1090. The lowest BCUT2D eigenvalue weighted by Crippen LogP contribution is -2.41. The van der Waals surface area contributed by atoms with Crippen LogP contribution in [0.2, 0.25) is 0 Å². The van der Waals surface area contributed by atoms with Gasteiger partial charge in [-0.25, -0.2) is 17.5 Å². The molecular weight excluding hydrogens is 447 g/mol. The van der Waals surface area contributed by atoms with Gasteiger partial charge in [0.05, 0.1) is 13.2 Å². The first-order chi connectivity index (χ1) is 15.5. The van der Waals surface area contributed by atoms with E-state index in [0.29, 0.717) is 18.7 Å². The van der Waals surface area contributed by atoms with Gasteiger partial charge in [-0.2, -0.15) is 0 Å². The summed E-state index contributed by atoms with van der Waals surface area (Å²) in [5.41, 5.74) is 0.115. The molecule has 0 radical (unpaired) electrons. The van der Waals surface area contributed by atoms with E-state index in [2.05, 4.69) is 4.72 Å². The van der Waals surface area contributed by atoms with Crippen molar-refractivity contribution < 1.29 is 27.1 Å². The summed E-state index contributed by atoms with van der Waals surface area (Å²) in [5, 5.41) is 0. The van der Waals surface area contributed by atoms with E-state index in [9.17, 15) is 17.6 Å². The van der Waals surface area contributed by atoms with Gasteiger partial charge in [0.15, 0.2) is 0 Å². The van der Waals surface area contributed by atoms with Crippen molar-refractivity contribution in [3.05, 3.63) is 59.4 Å². The maximum absolute atomic E-state index is 13.7. The number of carbonyl (C=O) groups is 1. The molecule has 3 rings (SSSR count). The van der Waals surface area contributed by atoms with Crippen LogP contribution in [0.15, 0.2) is 47.4 Å². The van der Waals surface area contributed by atoms with Crippen molar-refractivity contribution in [1.82, 2.24) is 9.62 Å². The maximum Gasteiger partial charge on any atom is 0.254 e. The predicted molar refractivity (Wildman–Crippen MR) is 123 cm³/mol. The summed E-state index contributed by atoms with van der Waals surface area (Å²) >= 11 is 0. The molecule has 0 spiro atoms. The minimum absolute atomic E-state index is 0.117. The van der Waals surface area contributed by atoms with Crippen LogP contribution >= 0.6 is 0 Å². The van der Waals surface area contributed by atoms with Gasteiger partial charge >= 0.3 is 0 Å². The van der Waals surface area contributed by atoms with Crippen LogP contribution in [0, 0.1) is 5.82 Å². The zero-order valence-electron chi connectivity index (χ0n) is 19.4. The van der Waals surface area contributed by atoms with E-state index in [4.69, 9.17) is 9.47 Å². The summed E-state index contributed by atoms with van der Waals surface area (Å²) in [7, 11) is -2.57. The highest BCUT2D eigenvalue weighted by Crippen LogP contribution is 2.27. The molecule has 1 heterocycles. The zero-order valence-corrected chi connectivity index (χ0v) is 20.2. The molecule has 9 heteroatoms. The molecule has 0 saturated carbocycles. The summed E-state index contributed by atoms with van der Waals surface area (Å²) in [6.07, 6.45) is 1.62. The summed E-state index contributed by atoms with van der Waals surface area (Å²) in [5.74, 6) is -0.619. The molecule has 2 aromatic rings. The second-order valence-electron chi connectivity index (χ2n) is 9.17.